The lowest BCUT2D eigenvalue weighted by atomic mass is 10.1. The topological polar surface area (TPSA) is 69.6 Å². The number of carboxylic acid groups (broad SMARTS) is 1. The van der Waals surface area contributed by atoms with Crippen molar-refractivity contribution in [2.24, 2.45) is 5.92 Å². The molecule has 0 aliphatic carbocycles. The van der Waals surface area contributed by atoms with Gasteiger partial charge in [0.25, 0.3) is 0 Å². The van der Waals surface area contributed by atoms with Gasteiger partial charge in [0.2, 0.25) is 0 Å². The zero-order chi connectivity index (χ0) is 15.6. The van der Waals surface area contributed by atoms with Gasteiger partial charge in [0, 0.05) is 18.8 Å². The molecule has 2 amide bonds. The van der Waals surface area contributed by atoms with E-state index in [4.69, 9.17) is 5.11 Å². The number of carboxylic acids is 1. The first kappa shape index (κ1) is 15.6. The van der Waals surface area contributed by atoms with E-state index >= 15 is 0 Å². The lowest BCUT2D eigenvalue weighted by Crippen LogP contribution is -2.33. The first-order valence-electron chi connectivity index (χ1n) is 6.24. The van der Waals surface area contributed by atoms with Gasteiger partial charge in [-0.25, -0.2) is 13.6 Å². The molecule has 5 nitrogen and oxygen atoms in total. The van der Waals surface area contributed by atoms with Crippen molar-refractivity contribution in [3.63, 3.8) is 0 Å². The first-order valence-corrected chi connectivity index (χ1v) is 7.46. The quantitative estimate of drug-likeness (QED) is 0.841. The maximum atomic E-state index is 13.6. The molecule has 21 heavy (non-hydrogen) atoms. The van der Waals surface area contributed by atoms with Crippen molar-refractivity contribution >= 4 is 29.4 Å². The van der Waals surface area contributed by atoms with Crippen LogP contribution < -0.4 is 5.32 Å². The molecule has 1 fully saturated rings. The van der Waals surface area contributed by atoms with Crippen LogP contribution in [0, 0.1) is 17.6 Å². The minimum Gasteiger partial charge on any atom is -0.481 e. The summed E-state index contributed by atoms with van der Waals surface area (Å²) in [6.07, 6.45) is 1.92. The third-order valence-corrected chi connectivity index (χ3v) is 4.08. The summed E-state index contributed by atoms with van der Waals surface area (Å²) >= 11 is 0.940. The molecule has 1 aliphatic rings. The predicted octanol–water partition coefficient (Wildman–Crippen LogP) is 2.63. The van der Waals surface area contributed by atoms with Crippen molar-refractivity contribution in [3.8, 4) is 0 Å². The fourth-order valence-electron chi connectivity index (χ4n) is 2.18. The Balaban J connectivity index is 2.05. The third-order valence-electron chi connectivity index (χ3n) is 3.28. The van der Waals surface area contributed by atoms with Crippen LogP contribution in [0.25, 0.3) is 0 Å². The van der Waals surface area contributed by atoms with E-state index in [1.54, 1.807) is 6.26 Å². The van der Waals surface area contributed by atoms with E-state index in [9.17, 15) is 18.4 Å². The number of anilines is 1. The van der Waals surface area contributed by atoms with E-state index in [2.05, 4.69) is 5.32 Å². The van der Waals surface area contributed by atoms with Gasteiger partial charge in [-0.05, 0) is 24.8 Å². The predicted molar refractivity (Wildman–Crippen MR) is 74.5 cm³/mol. The SMILES string of the molecule is CSc1c(F)cc(NC(=O)N2CCC(C(=O)O)C2)cc1F. The zero-order valence-electron chi connectivity index (χ0n) is 11.2. The number of hydrogen-bond donors (Lipinski definition) is 2. The summed E-state index contributed by atoms with van der Waals surface area (Å²) in [5.41, 5.74) is 0.00609. The second-order valence-corrected chi connectivity index (χ2v) is 5.49. The van der Waals surface area contributed by atoms with E-state index in [1.165, 1.54) is 4.90 Å². The molecule has 2 rings (SSSR count). The van der Waals surface area contributed by atoms with Crippen LogP contribution in [0.5, 0.6) is 0 Å². The Kier molecular flexibility index (Phi) is 4.66. The third kappa shape index (κ3) is 3.44. The van der Waals surface area contributed by atoms with Gasteiger partial charge in [-0.3, -0.25) is 4.79 Å². The average molecular weight is 316 g/mol. The Morgan fingerprint density at radius 2 is 2.00 bits per heavy atom. The number of urea groups is 1. The molecule has 8 heteroatoms. The maximum Gasteiger partial charge on any atom is 0.321 e. The number of halogens is 2. The number of likely N-dealkylation sites (tertiary alicyclic amines) is 1. The largest absolute Gasteiger partial charge is 0.481 e. The van der Waals surface area contributed by atoms with Crippen LogP contribution in [0.15, 0.2) is 17.0 Å². The molecular formula is C13H14F2N2O3S. The highest BCUT2D eigenvalue weighted by atomic mass is 32.2. The Bertz CT molecular complexity index is 560. The molecule has 0 bridgehead atoms. The highest BCUT2D eigenvalue weighted by molar-refractivity contribution is 7.98. The first-order chi connectivity index (χ1) is 9.92. The molecule has 0 spiro atoms. The number of nitrogens with zero attached hydrogens (tertiary/aromatic N) is 1. The summed E-state index contributed by atoms with van der Waals surface area (Å²) in [7, 11) is 0. The van der Waals surface area contributed by atoms with E-state index in [0.29, 0.717) is 13.0 Å². The molecule has 1 unspecified atom stereocenters. The molecule has 1 aromatic carbocycles. The van der Waals surface area contributed by atoms with Crippen molar-refractivity contribution in [2.45, 2.75) is 11.3 Å². The fraction of sp³-hybridized carbons (Fsp3) is 0.385. The van der Waals surface area contributed by atoms with Gasteiger partial charge >= 0.3 is 12.0 Å². The van der Waals surface area contributed by atoms with Crippen molar-refractivity contribution in [3.05, 3.63) is 23.8 Å². The van der Waals surface area contributed by atoms with Gasteiger partial charge in [-0.1, -0.05) is 0 Å². The Labute approximate surface area is 124 Å². The number of hydrogen-bond acceptors (Lipinski definition) is 3. The number of carbonyl (C=O) groups is 2. The van der Waals surface area contributed by atoms with Crippen molar-refractivity contribution in [1.82, 2.24) is 4.90 Å². The Hall–Kier alpha value is -1.83. The lowest BCUT2D eigenvalue weighted by Gasteiger charge is -2.17. The standard InChI is InChI=1S/C13H14F2N2O3S/c1-21-11-9(14)4-8(5-10(11)15)16-13(20)17-3-2-7(6-17)12(18)19/h4-5,7H,2-3,6H2,1H3,(H,16,20)(H,18,19). The fourth-order valence-corrected chi connectivity index (χ4v) is 2.68. The monoisotopic (exact) mass is 316 g/mol. The molecule has 1 aliphatic heterocycles. The van der Waals surface area contributed by atoms with E-state index in [-0.39, 0.29) is 17.1 Å². The number of aliphatic carboxylic acids is 1. The molecule has 0 aromatic heterocycles. The number of benzene rings is 1. The Morgan fingerprint density at radius 3 is 2.48 bits per heavy atom. The molecule has 1 saturated heterocycles. The number of thioether (sulfide) groups is 1. The highest BCUT2D eigenvalue weighted by Gasteiger charge is 2.31. The van der Waals surface area contributed by atoms with Crippen molar-refractivity contribution in [1.29, 1.82) is 0 Å². The summed E-state index contributed by atoms with van der Waals surface area (Å²) in [4.78, 5) is 24.0. The number of nitrogens with one attached hydrogen (secondary N) is 1. The smallest absolute Gasteiger partial charge is 0.321 e. The lowest BCUT2D eigenvalue weighted by molar-refractivity contribution is -0.141. The molecule has 114 valence electrons. The summed E-state index contributed by atoms with van der Waals surface area (Å²) < 4.78 is 27.2. The summed E-state index contributed by atoms with van der Waals surface area (Å²) in [5, 5.41) is 11.3. The van der Waals surface area contributed by atoms with Gasteiger partial charge in [0.05, 0.1) is 10.8 Å². The van der Waals surface area contributed by atoms with Crippen LogP contribution >= 0.6 is 11.8 Å². The van der Waals surface area contributed by atoms with Gasteiger partial charge in [0.1, 0.15) is 11.6 Å². The van der Waals surface area contributed by atoms with Crippen LogP contribution in [0.3, 0.4) is 0 Å². The second-order valence-electron chi connectivity index (χ2n) is 4.67. The van der Waals surface area contributed by atoms with Crippen molar-refractivity contribution < 1.29 is 23.5 Å². The zero-order valence-corrected chi connectivity index (χ0v) is 12.0. The molecule has 1 aromatic rings. The van der Waals surface area contributed by atoms with Crippen LogP contribution in [-0.2, 0) is 4.79 Å². The van der Waals surface area contributed by atoms with Crippen LogP contribution in [0.4, 0.5) is 19.3 Å². The second kappa shape index (κ2) is 6.30. The van der Waals surface area contributed by atoms with Crippen LogP contribution in [-0.4, -0.2) is 41.4 Å². The van der Waals surface area contributed by atoms with Crippen molar-refractivity contribution in [2.75, 3.05) is 24.7 Å². The summed E-state index contributed by atoms with van der Waals surface area (Å²) in [6, 6.07) is 1.52. The van der Waals surface area contributed by atoms with Crippen LogP contribution in [0.2, 0.25) is 0 Å². The van der Waals surface area contributed by atoms with Gasteiger partial charge in [-0.15, -0.1) is 11.8 Å². The summed E-state index contributed by atoms with van der Waals surface area (Å²) in [5.74, 6) is -3.04. The van der Waals surface area contributed by atoms with Gasteiger partial charge in [-0.2, -0.15) is 0 Å². The molecule has 1 atom stereocenters. The number of amides is 2. The minimum absolute atomic E-state index is 0.00609. The Morgan fingerprint density at radius 1 is 1.38 bits per heavy atom. The maximum absolute atomic E-state index is 13.6. The van der Waals surface area contributed by atoms with Gasteiger partial charge in [0.15, 0.2) is 0 Å². The van der Waals surface area contributed by atoms with E-state index in [1.807, 2.05) is 0 Å². The molecule has 0 radical (unpaired) electrons. The average Bonchev–Trinajstić information content (AvgIpc) is 2.88. The van der Waals surface area contributed by atoms with Crippen LogP contribution in [0.1, 0.15) is 6.42 Å². The number of carbonyl (C=O) groups excluding carboxylic acids is 1. The molecule has 2 N–H and O–H groups in total. The normalized spacial score (nSPS) is 17.9. The van der Waals surface area contributed by atoms with Gasteiger partial charge < -0.3 is 15.3 Å². The number of rotatable bonds is 3. The summed E-state index contributed by atoms with van der Waals surface area (Å²) in [6.45, 7) is 0.395. The minimum atomic E-state index is -0.952. The molecular weight excluding hydrogens is 302 g/mol. The molecule has 0 saturated carbocycles. The molecule has 1 heterocycles. The van der Waals surface area contributed by atoms with E-state index in [0.717, 1.165) is 23.9 Å². The van der Waals surface area contributed by atoms with E-state index < -0.39 is 29.6 Å². The highest BCUT2D eigenvalue weighted by Crippen LogP contribution is 2.26.